The highest BCUT2D eigenvalue weighted by molar-refractivity contribution is 5.78. The lowest BCUT2D eigenvalue weighted by Gasteiger charge is -2.34. The zero-order valence-electron chi connectivity index (χ0n) is 17.4. The molecule has 2 saturated heterocycles. The average Bonchev–Trinajstić information content (AvgIpc) is 3.19. The Bertz CT molecular complexity index is 860. The average molecular weight is 399 g/mol. The first kappa shape index (κ1) is 19.8. The van der Waals surface area contributed by atoms with Crippen LogP contribution >= 0.6 is 0 Å². The highest BCUT2D eigenvalue weighted by Gasteiger charge is 2.30. The maximum absolute atomic E-state index is 12.6. The van der Waals surface area contributed by atoms with Crippen molar-refractivity contribution in [2.45, 2.75) is 39.5 Å². The number of morpholine rings is 1. The molecule has 8 nitrogen and oxygen atoms in total. The van der Waals surface area contributed by atoms with Crippen LogP contribution in [0.25, 0.3) is 11.3 Å². The van der Waals surface area contributed by atoms with E-state index < -0.39 is 0 Å². The van der Waals surface area contributed by atoms with E-state index in [0.29, 0.717) is 25.5 Å². The van der Waals surface area contributed by atoms with Crippen LogP contribution in [0.2, 0.25) is 0 Å². The second kappa shape index (κ2) is 8.49. The summed E-state index contributed by atoms with van der Waals surface area (Å²) in [6.45, 7) is 10.2. The van der Waals surface area contributed by atoms with Gasteiger partial charge in [0.1, 0.15) is 0 Å². The minimum absolute atomic E-state index is 0.000506. The number of likely N-dealkylation sites (tertiary alicyclic amines) is 1. The molecule has 0 spiro atoms. The Morgan fingerprint density at radius 1 is 1.24 bits per heavy atom. The van der Waals surface area contributed by atoms with E-state index in [1.54, 1.807) is 0 Å². The molecule has 0 bridgehead atoms. The number of anilines is 1. The Hall–Kier alpha value is -2.48. The van der Waals surface area contributed by atoms with Crippen molar-refractivity contribution in [3.8, 4) is 11.3 Å². The predicted octanol–water partition coefficient (Wildman–Crippen LogP) is 2.64. The Morgan fingerprint density at radius 3 is 2.72 bits per heavy atom. The largest absolute Gasteiger partial charge is 0.378 e. The van der Waals surface area contributed by atoms with Gasteiger partial charge in [-0.3, -0.25) is 4.79 Å². The van der Waals surface area contributed by atoms with Gasteiger partial charge in [-0.15, -0.1) is 0 Å². The molecular weight excluding hydrogens is 370 g/mol. The van der Waals surface area contributed by atoms with E-state index in [0.717, 1.165) is 55.4 Å². The summed E-state index contributed by atoms with van der Waals surface area (Å²) >= 11 is 0. The molecule has 0 radical (unpaired) electrons. The third-order valence-electron chi connectivity index (χ3n) is 5.61. The van der Waals surface area contributed by atoms with Crippen LogP contribution in [-0.2, 0) is 9.53 Å². The van der Waals surface area contributed by atoms with Crippen molar-refractivity contribution >= 4 is 11.9 Å². The van der Waals surface area contributed by atoms with Crippen LogP contribution in [0.4, 0.5) is 5.95 Å². The number of hydrogen-bond donors (Lipinski definition) is 0. The molecular formula is C21H29N5O3. The standard InChI is InChI=1S/C21H29N5O3/c1-14(2)20(27)26-6-4-5-16(13-26)19-17(18-11-15(3)24-29-18)12-22-21(23-19)25-7-9-28-10-8-25/h11-12,14,16H,4-10,13H2,1-3H3/t16-/m1/s1. The number of aromatic nitrogens is 3. The van der Waals surface area contributed by atoms with E-state index in [2.05, 4.69) is 15.0 Å². The minimum atomic E-state index is -0.000506. The van der Waals surface area contributed by atoms with E-state index >= 15 is 0 Å². The predicted molar refractivity (Wildman–Crippen MR) is 109 cm³/mol. The van der Waals surface area contributed by atoms with Gasteiger partial charge in [-0.25, -0.2) is 9.97 Å². The summed E-state index contributed by atoms with van der Waals surface area (Å²) in [6, 6.07) is 1.91. The molecule has 2 aliphatic rings. The lowest BCUT2D eigenvalue weighted by Crippen LogP contribution is -2.41. The summed E-state index contributed by atoms with van der Waals surface area (Å²) in [5.41, 5.74) is 2.63. The zero-order valence-corrected chi connectivity index (χ0v) is 17.4. The lowest BCUT2D eigenvalue weighted by molar-refractivity contribution is -0.135. The van der Waals surface area contributed by atoms with Gasteiger partial charge in [-0.2, -0.15) is 0 Å². The number of amides is 1. The summed E-state index contributed by atoms with van der Waals surface area (Å²) in [4.78, 5) is 26.3. The van der Waals surface area contributed by atoms with E-state index in [1.165, 1.54) is 0 Å². The van der Waals surface area contributed by atoms with Gasteiger partial charge in [0.25, 0.3) is 0 Å². The van der Waals surface area contributed by atoms with Crippen molar-refractivity contribution in [3.05, 3.63) is 23.7 Å². The molecule has 0 aliphatic carbocycles. The van der Waals surface area contributed by atoms with E-state index in [4.69, 9.17) is 14.2 Å². The quantitative estimate of drug-likeness (QED) is 0.781. The first-order valence-corrected chi connectivity index (χ1v) is 10.4. The number of nitrogens with zero attached hydrogens (tertiary/aromatic N) is 5. The number of ether oxygens (including phenoxy) is 1. The molecule has 29 heavy (non-hydrogen) atoms. The van der Waals surface area contributed by atoms with Crippen LogP contribution in [0.3, 0.4) is 0 Å². The third-order valence-corrected chi connectivity index (χ3v) is 5.61. The third kappa shape index (κ3) is 4.27. The lowest BCUT2D eigenvalue weighted by atomic mass is 9.90. The van der Waals surface area contributed by atoms with Gasteiger partial charge in [0.05, 0.1) is 30.2 Å². The SMILES string of the molecule is Cc1cc(-c2cnc(N3CCOCC3)nc2[C@@H]2CCCN(C(=O)C(C)C)C2)on1. The molecule has 2 aromatic rings. The van der Waals surface area contributed by atoms with Crippen LogP contribution in [-0.4, -0.2) is 65.3 Å². The molecule has 4 rings (SSSR count). The number of carbonyl (C=O) groups is 1. The maximum atomic E-state index is 12.6. The first-order chi connectivity index (χ1) is 14.0. The molecule has 8 heteroatoms. The molecule has 0 N–H and O–H groups in total. The molecule has 2 aromatic heterocycles. The Balaban J connectivity index is 1.69. The molecule has 2 aliphatic heterocycles. The van der Waals surface area contributed by atoms with E-state index in [-0.39, 0.29) is 17.7 Å². The first-order valence-electron chi connectivity index (χ1n) is 10.4. The fourth-order valence-electron chi connectivity index (χ4n) is 4.06. The van der Waals surface area contributed by atoms with E-state index in [9.17, 15) is 4.79 Å². The van der Waals surface area contributed by atoms with Gasteiger partial charge in [0.15, 0.2) is 5.76 Å². The number of piperidine rings is 1. The fourth-order valence-corrected chi connectivity index (χ4v) is 4.06. The van der Waals surface area contributed by atoms with Crippen LogP contribution < -0.4 is 4.90 Å². The maximum Gasteiger partial charge on any atom is 0.225 e. The van der Waals surface area contributed by atoms with Crippen molar-refractivity contribution < 1.29 is 14.1 Å². The number of carbonyl (C=O) groups excluding carboxylic acids is 1. The van der Waals surface area contributed by atoms with Crippen molar-refractivity contribution in [1.82, 2.24) is 20.0 Å². The molecule has 2 fully saturated rings. The summed E-state index contributed by atoms with van der Waals surface area (Å²) < 4.78 is 11.0. The second-order valence-corrected chi connectivity index (χ2v) is 8.18. The second-order valence-electron chi connectivity index (χ2n) is 8.18. The van der Waals surface area contributed by atoms with Gasteiger partial charge < -0.3 is 19.1 Å². The summed E-state index contributed by atoms with van der Waals surface area (Å²) in [6.07, 6.45) is 3.80. The summed E-state index contributed by atoms with van der Waals surface area (Å²) in [5.74, 6) is 1.75. The minimum Gasteiger partial charge on any atom is -0.378 e. The Kier molecular flexibility index (Phi) is 5.80. The highest BCUT2D eigenvalue weighted by Crippen LogP contribution is 2.34. The molecule has 0 unspecified atom stereocenters. The summed E-state index contributed by atoms with van der Waals surface area (Å²) in [7, 11) is 0. The number of aryl methyl sites for hydroxylation is 1. The molecule has 156 valence electrons. The normalized spacial score (nSPS) is 20.3. The van der Waals surface area contributed by atoms with Gasteiger partial charge in [0.2, 0.25) is 11.9 Å². The molecule has 0 saturated carbocycles. The van der Waals surface area contributed by atoms with Crippen LogP contribution in [0.5, 0.6) is 0 Å². The Labute approximate surface area is 171 Å². The monoisotopic (exact) mass is 399 g/mol. The van der Waals surface area contributed by atoms with Crippen LogP contribution in [0.1, 0.15) is 44.0 Å². The molecule has 4 heterocycles. The van der Waals surface area contributed by atoms with Crippen molar-refractivity contribution in [2.24, 2.45) is 5.92 Å². The topological polar surface area (TPSA) is 84.6 Å². The van der Waals surface area contributed by atoms with Gasteiger partial charge in [-0.1, -0.05) is 19.0 Å². The smallest absolute Gasteiger partial charge is 0.225 e. The highest BCUT2D eigenvalue weighted by atomic mass is 16.5. The Morgan fingerprint density at radius 2 is 2.03 bits per heavy atom. The molecule has 0 aromatic carbocycles. The van der Waals surface area contributed by atoms with Gasteiger partial charge in [-0.05, 0) is 19.8 Å². The van der Waals surface area contributed by atoms with Crippen LogP contribution in [0.15, 0.2) is 16.8 Å². The summed E-state index contributed by atoms with van der Waals surface area (Å²) in [5, 5.41) is 4.04. The molecule has 1 amide bonds. The van der Waals surface area contributed by atoms with E-state index in [1.807, 2.05) is 37.9 Å². The van der Waals surface area contributed by atoms with Gasteiger partial charge in [0, 0.05) is 50.3 Å². The number of rotatable bonds is 4. The zero-order chi connectivity index (χ0) is 20.4. The van der Waals surface area contributed by atoms with Crippen molar-refractivity contribution in [3.63, 3.8) is 0 Å². The van der Waals surface area contributed by atoms with Crippen LogP contribution in [0, 0.1) is 12.8 Å². The molecule has 1 atom stereocenters. The number of hydrogen-bond acceptors (Lipinski definition) is 7. The van der Waals surface area contributed by atoms with Gasteiger partial charge >= 0.3 is 0 Å². The fraction of sp³-hybridized carbons (Fsp3) is 0.619. The van der Waals surface area contributed by atoms with Crippen molar-refractivity contribution in [2.75, 3.05) is 44.3 Å². The van der Waals surface area contributed by atoms with Crippen molar-refractivity contribution in [1.29, 1.82) is 0 Å².